The largest absolute Gasteiger partial charge is 0.462 e. The van der Waals surface area contributed by atoms with Gasteiger partial charge in [0, 0.05) is 28.9 Å². The van der Waals surface area contributed by atoms with Gasteiger partial charge in [0.05, 0.1) is 23.1 Å². The number of nitrogens with zero attached hydrogens (tertiary/aromatic N) is 1. The minimum atomic E-state index is -0.940. The van der Waals surface area contributed by atoms with Crippen molar-refractivity contribution in [2.24, 2.45) is 5.41 Å². The molecule has 1 saturated carbocycles. The molecule has 6 nitrogen and oxygen atoms in total. The summed E-state index contributed by atoms with van der Waals surface area (Å²) < 4.78 is 25.0. The Bertz CT molecular complexity index is 1560. The van der Waals surface area contributed by atoms with Gasteiger partial charge in [0.2, 0.25) is 0 Å². The summed E-state index contributed by atoms with van der Waals surface area (Å²) in [5.74, 6) is 0.0538. The average Bonchev–Trinajstić information content (AvgIpc) is 3.73. The highest BCUT2D eigenvalue weighted by molar-refractivity contribution is 9.10. The third-order valence-corrected chi connectivity index (χ3v) is 7.55. The van der Waals surface area contributed by atoms with Gasteiger partial charge in [-0.3, -0.25) is 14.6 Å². The number of hydrogen-bond donors (Lipinski definition) is 0. The summed E-state index contributed by atoms with van der Waals surface area (Å²) in [6.07, 6.45) is 2.98. The number of Topliss-reactive ketones (excluding diaryl/α,β-unsaturated/α-hetero) is 2. The summed E-state index contributed by atoms with van der Waals surface area (Å²) in [6, 6.07) is 18.1. The number of benzene rings is 3. The fraction of sp³-hybridized carbons (Fsp3) is 0.226. The first-order valence-corrected chi connectivity index (χ1v) is 13.4. The molecule has 3 aromatic carbocycles. The number of carbonyl (C=O) groups is 3. The van der Waals surface area contributed by atoms with E-state index >= 15 is 0 Å². The van der Waals surface area contributed by atoms with Gasteiger partial charge in [-0.25, -0.2) is 9.18 Å². The fourth-order valence-corrected chi connectivity index (χ4v) is 5.04. The molecule has 4 aromatic rings. The Balaban J connectivity index is 1.28. The zero-order chi connectivity index (χ0) is 27.6. The molecule has 8 heteroatoms. The first-order chi connectivity index (χ1) is 18.8. The van der Waals surface area contributed by atoms with E-state index in [0.29, 0.717) is 50.8 Å². The van der Waals surface area contributed by atoms with Crippen molar-refractivity contribution in [3.8, 4) is 11.5 Å². The van der Waals surface area contributed by atoms with Crippen molar-refractivity contribution in [1.82, 2.24) is 4.98 Å². The molecule has 0 atom stereocenters. The Morgan fingerprint density at radius 3 is 2.13 bits per heavy atom. The molecule has 198 valence electrons. The number of esters is 1. The summed E-state index contributed by atoms with van der Waals surface area (Å²) in [4.78, 5) is 42.8. The molecular formula is C31H25BrFNO5. The summed E-state index contributed by atoms with van der Waals surface area (Å²) >= 11 is 3.41. The van der Waals surface area contributed by atoms with Gasteiger partial charge in [-0.05, 0) is 89.3 Å². The molecule has 1 aliphatic rings. The number of aromatic nitrogens is 1. The molecule has 0 unspecified atom stereocenters. The number of fused-ring (bicyclic) bond motifs is 1. The lowest BCUT2D eigenvalue weighted by atomic mass is 9.88. The van der Waals surface area contributed by atoms with Gasteiger partial charge >= 0.3 is 5.97 Å². The van der Waals surface area contributed by atoms with E-state index in [0.717, 1.165) is 5.56 Å². The minimum absolute atomic E-state index is 0.0968. The second-order valence-electron chi connectivity index (χ2n) is 9.53. The number of ketones is 2. The number of carbonyl (C=O) groups excluding carboxylic acids is 3. The van der Waals surface area contributed by atoms with Crippen LogP contribution in [0.4, 0.5) is 4.39 Å². The monoisotopic (exact) mass is 589 g/mol. The summed E-state index contributed by atoms with van der Waals surface area (Å²) in [6.45, 7) is 2.01. The van der Waals surface area contributed by atoms with Crippen LogP contribution in [-0.2, 0) is 27.2 Å². The van der Waals surface area contributed by atoms with Crippen LogP contribution in [0.5, 0.6) is 11.5 Å². The van der Waals surface area contributed by atoms with Crippen LogP contribution >= 0.6 is 15.9 Å². The maximum atomic E-state index is 13.2. The van der Waals surface area contributed by atoms with E-state index in [9.17, 15) is 18.8 Å². The van der Waals surface area contributed by atoms with E-state index in [2.05, 4.69) is 20.9 Å². The van der Waals surface area contributed by atoms with Gasteiger partial charge in [-0.15, -0.1) is 0 Å². The fourth-order valence-electron chi connectivity index (χ4n) is 4.55. The average molecular weight is 590 g/mol. The molecule has 0 N–H and O–H groups in total. The Hall–Kier alpha value is -3.91. The Morgan fingerprint density at radius 2 is 1.54 bits per heavy atom. The molecule has 5 rings (SSSR count). The van der Waals surface area contributed by atoms with Crippen molar-refractivity contribution in [2.75, 3.05) is 6.61 Å². The predicted octanol–water partition coefficient (Wildman–Crippen LogP) is 6.81. The van der Waals surface area contributed by atoms with Crippen LogP contribution in [0.25, 0.3) is 10.9 Å². The van der Waals surface area contributed by atoms with Crippen molar-refractivity contribution in [3.63, 3.8) is 0 Å². The summed E-state index contributed by atoms with van der Waals surface area (Å²) in [5.41, 5.74) is 1.56. The van der Waals surface area contributed by atoms with E-state index in [4.69, 9.17) is 9.47 Å². The van der Waals surface area contributed by atoms with Crippen LogP contribution in [0, 0.1) is 11.2 Å². The number of pyridine rings is 1. The minimum Gasteiger partial charge on any atom is -0.462 e. The first-order valence-electron chi connectivity index (χ1n) is 12.6. The van der Waals surface area contributed by atoms with Crippen molar-refractivity contribution < 1.29 is 28.2 Å². The highest BCUT2D eigenvalue weighted by atomic mass is 79.9. The summed E-state index contributed by atoms with van der Waals surface area (Å²) in [5, 5.41) is 0.651. The zero-order valence-corrected chi connectivity index (χ0v) is 22.8. The van der Waals surface area contributed by atoms with Crippen LogP contribution in [0.15, 0.2) is 77.4 Å². The van der Waals surface area contributed by atoms with E-state index < -0.39 is 11.4 Å². The number of rotatable bonds is 10. The van der Waals surface area contributed by atoms with Gasteiger partial charge in [-0.1, -0.05) is 24.3 Å². The van der Waals surface area contributed by atoms with Gasteiger partial charge in [0.15, 0.2) is 11.6 Å². The lowest BCUT2D eigenvalue weighted by Crippen LogP contribution is -2.28. The molecule has 1 heterocycles. The Kier molecular flexibility index (Phi) is 7.57. The van der Waals surface area contributed by atoms with E-state index in [1.54, 1.807) is 67.7 Å². The smallest absolute Gasteiger partial charge is 0.339 e. The normalized spacial score (nSPS) is 13.6. The third kappa shape index (κ3) is 5.76. The molecule has 0 radical (unpaired) electrons. The highest BCUT2D eigenvalue weighted by Crippen LogP contribution is 2.48. The van der Waals surface area contributed by atoms with Crippen molar-refractivity contribution in [2.45, 2.75) is 32.6 Å². The number of halogens is 2. The Labute approximate surface area is 233 Å². The van der Waals surface area contributed by atoms with Crippen LogP contribution < -0.4 is 4.74 Å². The number of hydrogen-bond acceptors (Lipinski definition) is 6. The molecule has 39 heavy (non-hydrogen) atoms. The topological polar surface area (TPSA) is 82.6 Å². The zero-order valence-electron chi connectivity index (χ0n) is 21.2. The second kappa shape index (κ2) is 11.1. The van der Waals surface area contributed by atoms with Crippen LogP contribution in [0.3, 0.4) is 0 Å². The van der Waals surface area contributed by atoms with Crippen LogP contribution in [-0.4, -0.2) is 29.1 Å². The van der Waals surface area contributed by atoms with Crippen molar-refractivity contribution in [1.29, 1.82) is 0 Å². The van der Waals surface area contributed by atoms with Gasteiger partial charge in [0.1, 0.15) is 17.3 Å². The van der Waals surface area contributed by atoms with Gasteiger partial charge in [0.25, 0.3) is 0 Å². The molecule has 0 aliphatic heterocycles. The second-order valence-corrected chi connectivity index (χ2v) is 10.4. The van der Waals surface area contributed by atoms with Crippen molar-refractivity contribution in [3.05, 3.63) is 99.9 Å². The van der Waals surface area contributed by atoms with Gasteiger partial charge in [-0.2, -0.15) is 0 Å². The first kappa shape index (κ1) is 26.7. The molecule has 1 aromatic heterocycles. The van der Waals surface area contributed by atoms with E-state index in [1.807, 2.05) is 0 Å². The predicted molar refractivity (Wildman–Crippen MR) is 147 cm³/mol. The van der Waals surface area contributed by atoms with E-state index in [-0.39, 0.29) is 36.8 Å². The lowest BCUT2D eigenvalue weighted by molar-refractivity contribution is -0.133. The quantitative estimate of drug-likeness (QED) is 0.149. The van der Waals surface area contributed by atoms with E-state index in [1.165, 1.54) is 12.1 Å². The molecular weight excluding hydrogens is 565 g/mol. The molecule has 0 bridgehead atoms. The maximum absolute atomic E-state index is 13.2. The molecule has 1 aliphatic carbocycles. The molecule has 0 spiro atoms. The SMILES string of the molecule is CCOC(=O)c1cc2c(Oc3ccc(CC(=O)C4(C(=O)Cc5ccc(F)cc5)CC4)cc3)ccnc2cc1Br. The molecule has 1 fully saturated rings. The molecule has 0 saturated heterocycles. The maximum Gasteiger partial charge on any atom is 0.339 e. The summed E-state index contributed by atoms with van der Waals surface area (Å²) in [7, 11) is 0. The Morgan fingerprint density at radius 1 is 0.923 bits per heavy atom. The number of ether oxygens (including phenoxy) is 2. The molecule has 0 amide bonds. The standard InChI is InChI=1S/C31H25BrFNO5/c1-2-38-30(37)23-17-24-26(18-25(23)32)34-14-11-27(24)39-22-9-5-20(6-10-22)16-29(36)31(12-13-31)28(35)15-19-3-7-21(33)8-4-19/h3-11,14,17-18H,2,12-13,15-16H2,1H3. The lowest BCUT2D eigenvalue weighted by Gasteiger charge is -2.14. The highest BCUT2D eigenvalue weighted by Gasteiger charge is 2.54. The third-order valence-electron chi connectivity index (χ3n) is 6.90. The van der Waals surface area contributed by atoms with Gasteiger partial charge < -0.3 is 9.47 Å². The van der Waals surface area contributed by atoms with Crippen LogP contribution in [0.1, 0.15) is 41.3 Å². The van der Waals surface area contributed by atoms with Crippen LogP contribution in [0.2, 0.25) is 0 Å². The van der Waals surface area contributed by atoms with Crippen molar-refractivity contribution >= 4 is 44.4 Å².